The first-order valence-corrected chi connectivity index (χ1v) is 9.32. The third-order valence-corrected chi connectivity index (χ3v) is 7.80. The van der Waals surface area contributed by atoms with E-state index in [2.05, 4.69) is 34.6 Å². The van der Waals surface area contributed by atoms with E-state index in [1.165, 1.54) is 6.33 Å². The van der Waals surface area contributed by atoms with Crippen molar-refractivity contribution in [3.8, 4) is 0 Å². The highest BCUT2D eigenvalue weighted by Crippen LogP contribution is 2.18. The van der Waals surface area contributed by atoms with Gasteiger partial charge in [0.05, 0.1) is 20.7 Å². The fourth-order valence-corrected chi connectivity index (χ4v) is 2.88. The molecule has 0 unspecified atom stereocenters. The molecule has 0 radical (unpaired) electrons. The molecule has 0 aliphatic rings. The van der Waals surface area contributed by atoms with Crippen molar-refractivity contribution in [3.63, 3.8) is 0 Å². The fourth-order valence-electron chi connectivity index (χ4n) is 1.52. The minimum absolute atomic E-state index is 0.224. The first-order chi connectivity index (χ1) is 8.45. The topological polar surface area (TPSA) is 63.6 Å². The van der Waals surface area contributed by atoms with Gasteiger partial charge in [-0.1, -0.05) is 18.3 Å². The van der Waals surface area contributed by atoms with Gasteiger partial charge in [0.25, 0.3) is 5.56 Å². The Morgan fingerprint density at radius 1 is 1.56 bits per heavy atom. The van der Waals surface area contributed by atoms with Crippen molar-refractivity contribution >= 4 is 30.8 Å². The van der Waals surface area contributed by atoms with E-state index in [0.29, 0.717) is 23.2 Å². The van der Waals surface area contributed by atoms with Gasteiger partial charge >= 0.3 is 0 Å². The SMILES string of the molecule is C=C(Cn1cnc2c(=O)[nH]cnc21)[Si](C)(C)CCl. The first kappa shape index (κ1) is 13.0. The summed E-state index contributed by atoms with van der Waals surface area (Å²) >= 11 is 5.98. The molecule has 0 spiro atoms. The van der Waals surface area contributed by atoms with Crippen LogP contribution in [0.2, 0.25) is 13.1 Å². The molecule has 0 bridgehead atoms. The highest BCUT2D eigenvalue weighted by atomic mass is 35.5. The Morgan fingerprint density at radius 3 is 2.94 bits per heavy atom. The lowest BCUT2D eigenvalue weighted by Crippen LogP contribution is -2.33. The van der Waals surface area contributed by atoms with Crippen LogP contribution in [0.15, 0.2) is 29.2 Å². The van der Waals surface area contributed by atoms with Crippen LogP contribution in [-0.2, 0) is 6.54 Å². The quantitative estimate of drug-likeness (QED) is 0.686. The molecule has 18 heavy (non-hydrogen) atoms. The maximum Gasteiger partial charge on any atom is 0.278 e. The van der Waals surface area contributed by atoms with Crippen molar-refractivity contribution in [2.45, 2.75) is 19.6 Å². The van der Waals surface area contributed by atoms with E-state index in [0.717, 1.165) is 5.20 Å². The second-order valence-electron chi connectivity index (χ2n) is 4.90. The van der Waals surface area contributed by atoms with Gasteiger partial charge < -0.3 is 9.55 Å². The molecule has 2 aromatic rings. The number of allylic oxidation sites excluding steroid dienone is 1. The van der Waals surface area contributed by atoms with Gasteiger partial charge in [0.1, 0.15) is 0 Å². The lowest BCUT2D eigenvalue weighted by Gasteiger charge is -2.22. The van der Waals surface area contributed by atoms with Gasteiger partial charge in [-0.2, -0.15) is 0 Å². The predicted molar refractivity (Wildman–Crippen MR) is 75.5 cm³/mol. The number of imidazole rings is 1. The maximum atomic E-state index is 11.5. The van der Waals surface area contributed by atoms with Crippen molar-refractivity contribution < 1.29 is 0 Å². The van der Waals surface area contributed by atoms with Gasteiger partial charge in [-0.15, -0.1) is 18.2 Å². The number of H-pyrrole nitrogens is 1. The number of alkyl halides is 1. The van der Waals surface area contributed by atoms with Crippen LogP contribution in [0.1, 0.15) is 0 Å². The Hall–Kier alpha value is -1.40. The number of nitrogens with one attached hydrogen (secondary N) is 1. The van der Waals surface area contributed by atoms with E-state index < -0.39 is 8.07 Å². The molecule has 7 heteroatoms. The zero-order chi connectivity index (χ0) is 13.3. The van der Waals surface area contributed by atoms with Crippen LogP contribution in [0.3, 0.4) is 0 Å². The number of halogens is 1. The molecule has 2 rings (SSSR count). The summed E-state index contributed by atoms with van der Waals surface area (Å²) in [6.45, 7) is 9.06. The Kier molecular flexibility index (Phi) is 3.40. The highest BCUT2D eigenvalue weighted by molar-refractivity contribution is 6.89. The Balaban J connectivity index is 2.37. The number of aromatic nitrogens is 4. The zero-order valence-corrected chi connectivity index (χ0v) is 12.2. The molecule has 0 saturated carbocycles. The summed E-state index contributed by atoms with van der Waals surface area (Å²) in [4.78, 5) is 22.3. The molecule has 0 fully saturated rings. The smallest absolute Gasteiger partial charge is 0.278 e. The molecule has 2 aromatic heterocycles. The van der Waals surface area contributed by atoms with Crippen LogP contribution in [0.5, 0.6) is 0 Å². The average molecular weight is 283 g/mol. The maximum absolute atomic E-state index is 11.5. The van der Waals surface area contributed by atoms with E-state index >= 15 is 0 Å². The fraction of sp³-hybridized carbons (Fsp3) is 0.364. The van der Waals surface area contributed by atoms with Crippen molar-refractivity contribution in [2.24, 2.45) is 0 Å². The van der Waals surface area contributed by atoms with E-state index in [1.807, 2.05) is 4.57 Å². The normalized spacial score (nSPS) is 11.9. The van der Waals surface area contributed by atoms with Gasteiger partial charge in [-0.3, -0.25) is 4.79 Å². The molecular formula is C11H15ClN4OSi. The number of hydrogen-bond donors (Lipinski definition) is 1. The monoisotopic (exact) mass is 282 g/mol. The summed E-state index contributed by atoms with van der Waals surface area (Å²) in [5.41, 5.74) is 1.35. The number of rotatable bonds is 4. The first-order valence-electron chi connectivity index (χ1n) is 5.58. The summed E-state index contributed by atoms with van der Waals surface area (Å²) in [6, 6.07) is 0. The molecule has 5 nitrogen and oxygen atoms in total. The molecule has 0 aliphatic carbocycles. The number of hydrogen-bond acceptors (Lipinski definition) is 3. The van der Waals surface area contributed by atoms with Gasteiger partial charge in [-0.05, 0) is 0 Å². The van der Waals surface area contributed by atoms with Crippen molar-refractivity contribution in [1.29, 1.82) is 0 Å². The summed E-state index contributed by atoms with van der Waals surface area (Å²) in [6.07, 6.45) is 3.01. The molecule has 0 amide bonds. The second kappa shape index (κ2) is 4.70. The Bertz CT molecular complexity index is 646. The lowest BCUT2D eigenvalue weighted by molar-refractivity contribution is 0.821. The van der Waals surface area contributed by atoms with Crippen molar-refractivity contribution in [2.75, 3.05) is 5.50 Å². The van der Waals surface area contributed by atoms with Gasteiger partial charge in [0, 0.05) is 12.0 Å². The van der Waals surface area contributed by atoms with E-state index in [4.69, 9.17) is 11.6 Å². The van der Waals surface area contributed by atoms with Gasteiger partial charge in [0.15, 0.2) is 11.2 Å². The van der Waals surface area contributed by atoms with Crippen molar-refractivity contribution in [3.05, 3.63) is 34.8 Å². The molecule has 96 valence electrons. The number of nitrogens with zero attached hydrogens (tertiary/aromatic N) is 3. The van der Waals surface area contributed by atoms with Crippen molar-refractivity contribution in [1.82, 2.24) is 19.5 Å². The summed E-state index contributed by atoms with van der Waals surface area (Å²) < 4.78 is 1.84. The number of fused-ring (bicyclic) bond motifs is 1. The molecule has 0 saturated heterocycles. The molecule has 0 aliphatic heterocycles. The van der Waals surface area contributed by atoms with Crippen LogP contribution in [-0.4, -0.2) is 33.1 Å². The minimum Gasteiger partial charge on any atom is -0.311 e. The molecule has 2 heterocycles. The largest absolute Gasteiger partial charge is 0.311 e. The average Bonchev–Trinajstić information content (AvgIpc) is 2.74. The summed E-state index contributed by atoms with van der Waals surface area (Å²) in [5, 5.41) is 1.11. The lowest BCUT2D eigenvalue weighted by atomic mass is 10.5. The zero-order valence-electron chi connectivity index (χ0n) is 10.4. The molecular weight excluding hydrogens is 268 g/mol. The molecule has 1 N–H and O–H groups in total. The predicted octanol–water partition coefficient (Wildman–Crippen LogP) is 1.70. The standard InChI is InChI=1S/C11H15ClN4OSi/c1-8(18(2,3)5-12)4-16-7-15-9-10(16)13-6-14-11(9)17/h6-7H,1,4-5H2,2-3H3,(H,13,14,17). The van der Waals surface area contributed by atoms with E-state index in [9.17, 15) is 4.79 Å². The summed E-state index contributed by atoms with van der Waals surface area (Å²) in [7, 11) is -1.63. The number of aromatic amines is 1. The molecule has 0 atom stereocenters. The Labute approximate surface area is 111 Å². The summed E-state index contributed by atoms with van der Waals surface area (Å²) in [5.74, 6) is 0. The van der Waals surface area contributed by atoms with Gasteiger partial charge in [-0.25, -0.2) is 9.97 Å². The van der Waals surface area contributed by atoms with Crippen LogP contribution in [0, 0.1) is 0 Å². The van der Waals surface area contributed by atoms with Gasteiger partial charge in [0.2, 0.25) is 0 Å². The van der Waals surface area contributed by atoms with Crippen LogP contribution < -0.4 is 5.56 Å². The van der Waals surface area contributed by atoms with Crippen LogP contribution >= 0.6 is 11.6 Å². The third-order valence-electron chi connectivity index (χ3n) is 3.06. The minimum atomic E-state index is -1.63. The highest BCUT2D eigenvalue weighted by Gasteiger charge is 2.24. The van der Waals surface area contributed by atoms with Crippen LogP contribution in [0.25, 0.3) is 11.2 Å². The van der Waals surface area contributed by atoms with Crippen LogP contribution in [0.4, 0.5) is 0 Å². The third kappa shape index (κ3) is 2.25. The second-order valence-corrected chi connectivity index (χ2v) is 10.4. The van der Waals surface area contributed by atoms with E-state index in [-0.39, 0.29) is 5.56 Å². The van der Waals surface area contributed by atoms with E-state index in [1.54, 1.807) is 6.33 Å². The molecule has 0 aromatic carbocycles. The Morgan fingerprint density at radius 2 is 2.28 bits per heavy atom.